The van der Waals surface area contributed by atoms with Crippen molar-refractivity contribution in [3.8, 4) is 5.75 Å². The smallest absolute Gasteiger partial charge is 0.319 e. The van der Waals surface area contributed by atoms with Gasteiger partial charge < -0.3 is 14.8 Å². The van der Waals surface area contributed by atoms with Gasteiger partial charge in [-0.3, -0.25) is 4.90 Å². The van der Waals surface area contributed by atoms with Gasteiger partial charge in [-0.25, -0.2) is 4.79 Å². The van der Waals surface area contributed by atoms with Crippen molar-refractivity contribution < 1.29 is 14.3 Å². The zero-order valence-corrected chi connectivity index (χ0v) is 19.5. The topological polar surface area (TPSA) is 50.8 Å². The van der Waals surface area contributed by atoms with Gasteiger partial charge in [-0.05, 0) is 23.3 Å². The Hall–Kier alpha value is -2.73. The molecule has 0 spiro atoms. The van der Waals surface area contributed by atoms with Crippen LogP contribution >= 0.6 is 23.2 Å². The van der Waals surface area contributed by atoms with Crippen LogP contribution in [0.3, 0.4) is 0 Å². The molecule has 2 unspecified atom stereocenters. The van der Waals surface area contributed by atoms with Crippen molar-refractivity contribution in [2.75, 3.05) is 13.2 Å². The molecule has 2 atom stereocenters. The zero-order valence-electron chi connectivity index (χ0n) is 18.0. The predicted octanol–water partition coefficient (Wildman–Crippen LogP) is 5.67. The van der Waals surface area contributed by atoms with Crippen LogP contribution in [0.15, 0.2) is 72.8 Å². The number of hydrogen-bond donors (Lipinski definition) is 1. The number of likely N-dealkylation sites (tertiary alicyclic amines) is 1. The number of urea groups is 1. The number of nitrogens with one attached hydrogen (secondary N) is 1. The zero-order chi connectivity index (χ0) is 22.8. The summed E-state index contributed by atoms with van der Waals surface area (Å²) in [6, 6.07) is 22.7. The van der Waals surface area contributed by atoms with Crippen LogP contribution in [0.1, 0.15) is 28.7 Å². The number of ether oxygens (including phenoxy) is 2. The molecule has 0 bridgehead atoms. The summed E-state index contributed by atoms with van der Waals surface area (Å²) in [6.07, 6.45) is 1.13. The van der Waals surface area contributed by atoms with E-state index in [4.69, 9.17) is 32.7 Å². The number of halogens is 2. The van der Waals surface area contributed by atoms with Crippen LogP contribution in [-0.2, 0) is 22.8 Å². The number of carbonyl (C=O) groups excluding carboxylic acids is 1. The van der Waals surface area contributed by atoms with Gasteiger partial charge in [-0.2, -0.15) is 0 Å². The van der Waals surface area contributed by atoms with Crippen molar-refractivity contribution in [2.45, 2.75) is 30.7 Å². The number of nitrogens with zero attached hydrogens (tertiary/aromatic N) is 1. The van der Waals surface area contributed by atoms with Crippen molar-refractivity contribution in [3.05, 3.63) is 100 Å². The number of benzene rings is 3. The SMILES string of the molecule is O=C(NCc1ccc2c(c1)CCO2)N1CCC1OC(Cl)(c1ccccc1)c1ccccc1Cl. The van der Waals surface area contributed by atoms with E-state index in [9.17, 15) is 4.79 Å². The molecule has 2 aliphatic rings. The fourth-order valence-electron chi connectivity index (χ4n) is 4.20. The van der Waals surface area contributed by atoms with E-state index < -0.39 is 11.3 Å². The summed E-state index contributed by atoms with van der Waals surface area (Å²) in [5.41, 5.74) is 3.62. The van der Waals surface area contributed by atoms with Crippen molar-refractivity contribution in [2.24, 2.45) is 0 Å². The molecule has 33 heavy (non-hydrogen) atoms. The molecule has 0 radical (unpaired) electrons. The van der Waals surface area contributed by atoms with Crippen LogP contribution in [0.25, 0.3) is 0 Å². The van der Waals surface area contributed by atoms with Crippen LogP contribution in [0.4, 0.5) is 4.79 Å². The third kappa shape index (κ3) is 4.41. The summed E-state index contributed by atoms with van der Waals surface area (Å²) in [5.74, 6) is 0.931. The van der Waals surface area contributed by atoms with E-state index in [1.54, 1.807) is 11.0 Å². The number of fused-ring (bicyclic) bond motifs is 1. The first kappa shape index (κ1) is 22.1. The van der Waals surface area contributed by atoms with Crippen LogP contribution in [0.5, 0.6) is 5.75 Å². The maximum absolute atomic E-state index is 12.9. The first-order valence-corrected chi connectivity index (χ1v) is 11.8. The van der Waals surface area contributed by atoms with Crippen molar-refractivity contribution in [3.63, 3.8) is 0 Å². The quantitative estimate of drug-likeness (QED) is 0.460. The van der Waals surface area contributed by atoms with E-state index in [2.05, 4.69) is 11.4 Å². The fourth-order valence-corrected chi connectivity index (χ4v) is 4.91. The Kier molecular flexibility index (Phi) is 6.19. The molecule has 7 heteroatoms. The van der Waals surface area contributed by atoms with E-state index in [1.165, 1.54) is 5.56 Å². The fraction of sp³-hybridized carbons (Fsp3) is 0.269. The van der Waals surface area contributed by atoms with E-state index in [0.717, 1.165) is 23.3 Å². The molecule has 5 nitrogen and oxygen atoms in total. The van der Waals surface area contributed by atoms with E-state index in [0.29, 0.717) is 36.7 Å². The normalized spacial score (nSPS) is 18.6. The molecule has 1 saturated heterocycles. The molecule has 170 valence electrons. The lowest BCUT2D eigenvalue weighted by atomic mass is 10.00. The molecule has 2 heterocycles. The highest BCUT2D eigenvalue weighted by molar-refractivity contribution is 6.33. The largest absolute Gasteiger partial charge is 0.493 e. The molecular formula is C26H24Cl2N2O3. The first-order chi connectivity index (χ1) is 16.0. The van der Waals surface area contributed by atoms with Gasteiger partial charge >= 0.3 is 6.03 Å². The number of rotatable bonds is 6. The Morgan fingerprint density at radius 3 is 2.67 bits per heavy atom. The summed E-state index contributed by atoms with van der Waals surface area (Å²) in [6.45, 7) is 1.74. The third-order valence-corrected chi connectivity index (χ3v) is 6.93. The maximum Gasteiger partial charge on any atom is 0.319 e. The molecule has 3 aromatic carbocycles. The molecule has 0 aromatic heterocycles. The number of alkyl halides is 1. The van der Waals surface area contributed by atoms with Crippen LogP contribution in [0, 0.1) is 0 Å². The minimum atomic E-state index is -1.32. The van der Waals surface area contributed by atoms with Gasteiger partial charge in [0.1, 0.15) is 12.0 Å². The minimum Gasteiger partial charge on any atom is -0.493 e. The lowest BCUT2D eigenvalue weighted by molar-refractivity contribution is -0.136. The van der Waals surface area contributed by atoms with Gasteiger partial charge in [0, 0.05) is 42.1 Å². The monoisotopic (exact) mass is 482 g/mol. The van der Waals surface area contributed by atoms with Crippen LogP contribution < -0.4 is 10.1 Å². The number of carbonyl (C=O) groups is 1. The molecule has 2 amide bonds. The second-order valence-corrected chi connectivity index (χ2v) is 9.13. The van der Waals surface area contributed by atoms with Gasteiger partial charge in [0.05, 0.1) is 6.61 Å². The van der Waals surface area contributed by atoms with Gasteiger partial charge in [0.15, 0.2) is 5.06 Å². The Labute approximate surface area is 203 Å². The molecule has 3 aromatic rings. The van der Waals surface area contributed by atoms with E-state index >= 15 is 0 Å². The molecular weight excluding hydrogens is 459 g/mol. The minimum absolute atomic E-state index is 0.186. The Bertz CT molecular complexity index is 1160. The Balaban J connectivity index is 1.30. The molecule has 2 aliphatic heterocycles. The van der Waals surface area contributed by atoms with Crippen LogP contribution in [0.2, 0.25) is 5.02 Å². The highest BCUT2D eigenvalue weighted by Gasteiger charge is 2.43. The van der Waals surface area contributed by atoms with Gasteiger partial charge in [0.25, 0.3) is 0 Å². The van der Waals surface area contributed by atoms with Crippen molar-refractivity contribution in [1.82, 2.24) is 10.2 Å². The molecule has 0 saturated carbocycles. The molecule has 1 fully saturated rings. The summed E-state index contributed by atoms with van der Waals surface area (Å²) in [7, 11) is 0. The second-order valence-electron chi connectivity index (χ2n) is 8.19. The highest BCUT2D eigenvalue weighted by Crippen LogP contribution is 2.44. The van der Waals surface area contributed by atoms with Crippen molar-refractivity contribution >= 4 is 29.2 Å². The molecule has 5 rings (SSSR count). The summed E-state index contributed by atoms with van der Waals surface area (Å²) in [5, 5.41) is 2.19. The Morgan fingerprint density at radius 1 is 1.12 bits per heavy atom. The average Bonchev–Trinajstić information content (AvgIpc) is 3.29. The molecule has 1 N–H and O–H groups in total. The van der Waals surface area contributed by atoms with Gasteiger partial charge in [0.2, 0.25) is 0 Å². The average molecular weight is 483 g/mol. The van der Waals surface area contributed by atoms with Crippen molar-refractivity contribution in [1.29, 1.82) is 0 Å². The van der Waals surface area contributed by atoms with E-state index in [-0.39, 0.29) is 6.03 Å². The van der Waals surface area contributed by atoms with Crippen LogP contribution in [-0.4, -0.2) is 30.3 Å². The third-order valence-electron chi connectivity index (χ3n) is 6.09. The first-order valence-electron chi connectivity index (χ1n) is 11.0. The summed E-state index contributed by atoms with van der Waals surface area (Å²) in [4.78, 5) is 14.6. The highest BCUT2D eigenvalue weighted by atomic mass is 35.5. The number of hydrogen-bond acceptors (Lipinski definition) is 3. The summed E-state index contributed by atoms with van der Waals surface area (Å²) < 4.78 is 12.0. The Morgan fingerprint density at radius 2 is 1.91 bits per heavy atom. The second kappa shape index (κ2) is 9.26. The van der Waals surface area contributed by atoms with E-state index in [1.807, 2.05) is 60.7 Å². The standard InChI is InChI=1S/C26H24Cl2N2O3/c27-22-9-5-4-8-21(22)26(28,20-6-2-1-3-7-20)33-24-12-14-30(24)25(31)29-17-18-10-11-23-19(16-18)13-15-32-23/h1-11,16,24H,12-15,17H2,(H,29,31). The maximum atomic E-state index is 12.9. The predicted molar refractivity (Wildman–Crippen MR) is 129 cm³/mol. The van der Waals surface area contributed by atoms with Gasteiger partial charge in [-0.15, -0.1) is 0 Å². The molecule has 0 aliphatic carbocycles. The summed E-state index contributed by atoms with van der Waals surface area (Å²) >= 11 is 13.6. The lowest BCUT2D eigenvalue weighted by Crippen LogP contribution is -2.57. The number of amides is 2. The van der Waals surface area contributed by atoms with Gasteiger partial charge in [-0.1, -0.05) is 83.9 Å². The lowest BCUT2D eigenvalue weighted by Gasteiger charge is -2.44.